The summed E-state index contributed by atoms with van der Waals surface area (Å²) in [6, 6.07) is 4.70. The van der Waals surface area contributed by atoms with Gasteiger partial charge in [-0.2, -0.15) is 4.31 Å². The molecule has 6 heteroatoms. The minimum atomic E-state index is -3.49. The van der Waals surface area contributed by atoms with E-state index in [1.807, 2.05) is 0 Å². The zero-order valence-electron chi connectivity index (χ0n) is 11.6. The summed E-state index contributed by atoms with van der Waals surface area (Å²) in [4.78, 5) is 0.217. The zero-order valence-corrected chi connectivity index (χ0v) is 12.4. The monoisotopic (exact) mass is 296 g/mol. The van der Waals surface area contributed by atoms with Gasteiger partial charge in [-0.3, -0.25) is 0 Å². The summed E-state index contributed by atoms with van der Waals surface area (Å²) in [7, 11) is -2.02. The molecule has 1 aromatic rings. The Hall–Kier alpha value is -1.27. The van der Waals surface area contributed by atoms with Crippen LogP contribution in [0.3, 0.4) is 0 Å². The fourth-order valence-corrected chi connectivity index (χ4v) is 5.11. The molecule has 110 valence electrons. The summed E-state index contributed by atoms with van der Waals surface area (Å²) in [5.41, 5.74) is 6.19. The molecule has 1 aromatic carbocycles. The van der Waals surface area contributed by atoms with Crippen molar-refractivity contribution in [1.82, 2.24) is 4.31 Å². The number of ether oxygens (including phenoxy) is 1. The van der Waals surface area contributed by atoms with Crippen molar-refractivity contribution in [2.24, 2.45) is 11.8 Å². The predicted octanol–water partition coefficient (Wildman–Crippen LogP) is 1.70. The van der Waals surface area contributed by atoms with E-state index in [1.165, 1.54) is 19.6 Å². The van der Waals surface area contributed by atoms with Crippen LogP contribution in [0.4, 0.5) is 5.69 Å². The molecule has 2 N–H and O–H groups in total. The zero-order chi connectivity index (χ0) is 14.3. The summed E-state index contributed by atoms with van der Waals surface area (Å²) in [6.45, 7) is 1.28. The maximum atomic E-state index is 12.8. The fraction of sp³-hybridized carbons (Fsp3) is 0.571. The molecule has 0 radical (unpaired) electrons. The summed E-state index contributed by atoms with van der Waals surface area (Å²) in [6.07, 6.45) is 3.53. The first-order valence-electron chi connectivity index (χ1n) is 6.96. The Labute approximate surface area is 119 Å². The molecule has 0 aromatic heterocycles. The lowest BCUT2D eigenvalue weighted by Gasteiger charge is -2.19. The van der Waals surface area contributed by atoms with E-state index in [-0.39, 0.29) is 4.90 Å². The number of sulfonamides is 1. The Morgan fingerprint density at radius 1 is 1.25 bits per heavy atom. The van der Waals surface area contributed by atoms with Crippen LogP contribution in [0, 0.1) is 11.8 Å². The van der Waals surface area contributed by atoms with Crippen molar-refractivity contribution in [3.63, 3.8) is 0 Å². The molecule has 2 unspecified atom stereocenters. The molecule has 1 saturated carbocycles. The van der Waals surface area contributed by atoms with Crippen molar-refractivity contribution < 1.29 is 13.2 Å². The highest BCUT2D eigenvalue weighted by Gasteiger charge is 2.42. The first kappa shape index (κ1) is 13.7. The Kier molecular flexibility index (Phi) is 3.38. The van der Waals surface area contributed by atoms with Crippen LogP contribution in [0.5, 0.6) is 5.75 Å². The van der Waals surface area contributed by atoms with E-state index in [0.717, 1.165) is 12.8 Å². The molecule has 2 atom stereocenters. The van der Waals surface area contributed by atoms with Gasteiger partial charge in [0.2, 0.25) is 10.0 Å². The second-order valence-electron chi connectivity index (χ2n) is 5.68. The van der Waals surface area contributed by atoms with Gasteiger partial charge in [-0.15, -0.1) is 0 Å². The van der Waals surface area contributed by atoms with Crippen molar-refractivity contribution >= 4 is 15.7 Å². The molecule has 20 heavy (non-hydrogen) atoms. The SMILES string of the molecule is COc1cc(N)ccc1S(=O)(=O)N1CC2CCCC2C1. The number of methoxy groups -OCH3 is 1. The molecule has 2 fully saturated rings. The lowest BCUT2D eigenvalue weighted by atomic mass is 10.0. The van der Waals surface area contributed by atoms with Crippen LogP contribution in [-0.2, 0) is 10.0 Å². The van der Waals surface area contributed by atoms with Gasteiger partial charge in [0.05, 0.1) is 7.11 Å². The number of nitrogens with two attached hydrogens (primary N) is 1. The summed E-state index contributed by atoms with van der Waals surface area (Å²) < 4.78 is 32.3. The minimum absolute atomic E-state index is 0.217. The number of rotatable bonds is 3. The largest absolute Gasteiger partial charge is 0.495 e. The van der Waals surface area contributed by atoms with Crippen molar-refractivity contribution in [3.8, 4) is 5.75 Å². The number of anilines is 1. The van der Waals surface area contributed by atoms with Crippen molar-refractivity contribution in [2.45, 2.75) is 24.2 Å². The second-order valence-corrected chi connectivity index (χ2v) is 7.59. The Morgan fingerprint density at radius 2 is 1.90 bits per heavy atom. The normalized spacial score (nSPS) is 26.6. The van der Waals surface area contributed by atoms with Crippen molar-refractivity contribution in [2.75, 3.05) is 25.9 Å². The highest BCUT2D eigenvalue weighted by Crippen LogP contribution is 2.40. The number of hydrogen-bond donors (Lipinski definition) is 1. The molecular weight excluding hydrogens is 276 g/mol. The van der Waals surface area contributed by atoms with E-state index in [9.17, 15) is 8.42 Å². The summed E-state index contributed by atoms with van der Waals surface area (Å²) in [5, 5.41) is 0. The first-order chi connectivity index (χ1) is 9.52. The molecule has 0 amide bonds. The van der Waals surface area contributed by atoms with Gasteiger partial charge >= 0.3 is 0 Å². The van der Waals surface area contributed by atoms with Crippen LogP contribution in [0.25, 0.3) is 0 Å². The van der Waals surface area contributed by atoms with E-state index >= 15 is 0 Å². The molecule has 5 nitrogen and oxygen atoms in total. The molecule has 0 spiro atoms. The number of benzene rings is 1. The van der Waals surface area contributed by atoms with Gasteiger partial charge in [0.15, 0.2) is 0 Å². The molecule has 1 aliphatic carbocycles. The third-order valence-electron chi connectivity index (χ3n) is 4.50. The van der Waals surface area contributed by atoms with Gasteiger partial charge in [0.1, 0.15) is 10.6 Å². The molecule has 0 bridgehead atoms. The molecule has 1 aliphatic heterocycles. The van der Waals surface area contributed by atoms with Crippen LogP contribution < -0.4 is 10.5 Å². The predicted molar refractivity (Wildman–Crippen MR) is 77.0 cm³/mol. The van der Waals surface area contributed by atoms with Gasteiger partial charge < -0.3 is 10.5 Å². The van der Waals surface area contributed by atoms with Gasteiger partial charge in [-0.05, 0) is 36.8 Å². The van der Waals surface area contributed by atoms with Crippen LogP contribution in [-0.4, -0.2) is 32.9 Å². The number of fused-ring (bicyclic) bond motifs is 1. The van der Waals surface area contributed by atoms with E-state index in [2.05, 4.69) is 0 Å². The fourth-order valence-electron chi connectivity index (χ4n) is 3.42. The molecular formula is C14H20N2O3S. The van der Waals surface area contributed by atoms with Gasteiger partial charge in [0, 0.05) is 24.8 Å². The third-order valence-corrected chi connectivity index (χ3v) is 6.37. The van der Waals surface area contributed by atoms with Crippen LogP contribution >= 0.6 is 0 Å². The minimum Gasteiger partial charge on any atom is -0.495 e. The highest BCUT2D eigenvalue weighted by molar-refractivity contribution is 7.89. The van der Waals surface area contributed by atoms with Crippen LogP contribution in [0.1, 0.15) is 19.3 Å². The van der Waals surface area contributed by atoms with Crippen molar-refractivity contribution in [3.05, 3.63) is 18.2 Å². The molecule has 1 saturated heterocycles. The Balaban J connectivity index is 1.93. The van der Waals surface area contributed by atoms with Gasteiger partial charge in [-0.25, -0.2) is 8.42 Å². The summed E-state index contributed by atoms with van der Waals surface area (Å²) >= 11 is 0. The van der Waals surface area contributed by atoms with E-state index < -0.39 is 10.0 Å². The maximum Gasteiger partial charge on any atom is 0.246 e. The average molecular weight is 296 g/mol. The standard InChI is InChI=1S/C14H20N2O3S/c1-19-13-7-12(15)5-6-14(13)20(17,18)16-8-10-3-2-4-11(10)9-16/h5-7,10-11H,2-4,8-9,15H2,1H3. The first-order valence-corrected chi connectivity index (χ1v) is 8.40. The molecule has 2 aliphatic rings. The Bertz CT molecular complexity index is 603. The third kappa shape index (κ3) is 2.16. The second kappa shape index (κ2) is 4.93. The average Bonchev–Trinajstić information content (AvgIpc) is 2.99. The van der Waals surface area contributed by atoms with E-state index in [0.29, 0.717) is 36.4 Å². The molecule has 3 rings (SSSR count). The lowest BCUT2D eigenvalue weighted by Crippen LogP contribution is -2.30. The maximum absolute atomic E-state index is 12.8. The van der Waals surface area contributed by atoms with Crippen LogP contribution in [0.15, 0.2) is 23.1 Å². The topological polar surface area (TPSA) is 72.6 Å². The van der Waals surface area contributed by atoms with Crippen molar-refractivity contribution in [1.29, 1.82) is 0 Å². The van der Waals surface area contributed by atoms with E-state index in [4.69, 9.17) is 10.5 Å². The van der Waals surface area contributed by atoms with Gasteiger partial charge in [0.25, 0.3) is 0 Å². The quantitative estimate of drug-likeness (QED) is 0.862. The number of hydrogen-bond acceptors (Lipinski definition) is 4. The van der Waals surface area contributed by atoms with Gasteiger partial charge in [-0.1, -0.05) is 6.42 Å². The summed E-state index contributed by atoms with van der Waals surface area (Å²) in [5.74, 6) is 1.39. The lowest BCUT2D eigenvalue weighted by molar-refractivity contribution is 0.396. The highest BCUT2D eigenvalue weighted by atomic mass is 32.2. The van der Waals surface area contributed by atoms with E-state index in [1.54, 1.807) is 16.4 Å². The smallest absolute Gasteiger partial charge is 0.246 e. The Morgan fingerprint density at radius 3 is 2.50 bits per heavy atom. The van der Waals surface area contributed by atoms with Crippen LogP contribution in [0.2, 0.25) is 0 Å². The number of nitrogen functional groups attached to an aromatic ring is 1. The number of nitrogens with zero attached hydrogens (tertiary/aromatic N) is 1. The molecule has 1 heterocycles.